The lowest BCUT2D eigenvalue weighted by molar-refractivity contribution is -2.00. The Labute approximate surface area is 556 Å². The van der Waals surface area contributed by atoms with Gasteiger partial charge in [-0.2, -0.15) is 32.4 Å². The van der Waals surface area contributed by atoms with Gasteiger partial charge in [-0.05, 0) is 141 Å². The van der Waals surface area contributed by atoms with Crippen molar-refractivity contribution in [3.05, 3.63) is 179 Å². The van der Waals surface area contributed by atoms with Crippen molar-refractivity contribution in [1.82, 2.24) is 10.1 Å². The van der Waals surface area contributed by atoms with Gasteiger partial charge < -0.3 is 14.4 Å². The molecule has 0 fully saturated rings. The molecule has 0 unspecified atom stereocenters. The number of anilines is 2. The monoisotopic (exact) mass is 1360 g/mol. The van der Waals surface area contributed by atoms with Crippen LogP contribution in [0.3, 0.4) is 0 Å². The van der Waals surface area contributed by atoms with Crippen LogP contribution in [0.25, 0.3) is 21.5 Å². The molecule has 24 heteroatoms. The van der Waals surface area contributed by atoms with Crippen LogP contribution in [0.2, 0.25) is 0 Å². The lowest BCUT2D eigenvalue weighted by atomic mass is 9.79. The number of likely N-dealkylation sites (N-methyl/N-ethyl adjacent to an activating group) is 1. The number of hydrogen-bond acceptors (Lipinski definition) is 17. The van der Waals surface area contributed by atoms with E-state index in [0.29, 0.717) is 0 Å². The number of fused-ring (bicyclic) bond motifs is 8. The average molecular weight is 1360 g/mol. The van der Waals surface area contributed by atoms with Crippen LogP contribution >= 0.6 is 24.1 Å². The maximum atomic E-state index is 10.7. The van der Waals surface area contributed by atoms with Crippen LogP contribution in [0.5, 0.6) is 0 Å². The second-order valence-electron chi connectivity index (χ2n) is 25.0. The van der Waals surface area contributed by atoms with E-state index in [2.05, 4.69) is 248 Å². The summed E-state index contributed by atoms with van der Waals surface area (Å²) < 4.78 is 109. The highest BCUT2D eigenvalue weighted by molar-refractivity contribution is 7.94. The van der Waals surface area contributed by atoms with Crippen molar-refractivity contribution in [2.75, 3.05) is 64.2 Å². The van der Waals surface area contributed by atoms with Gasteiger partial charge in [0.15, 0.2) is 21.5 Å². The minimum Gasteiger partial charge on any atom is -0.741 e. The van der Waals surface area contributed by atoms with Crippen molar-refractivity contribution in [1.29, 1.82) is 0 Å². The van der Waals surface area contributed by atoms with Gasteiger partial charge in [0.2, 0.25) is 11.4 Å². The summed E-state index contributed by atoms with van der Waals surface area (Å²) in [7, 11) is -3.85. The number of hydroxylamine groups is 4. The van der Waals surface area contributed by atoms with Gasteiger partial charge in [-0.1, -0.05) is 102 Å². The number of alkyl halides is 3. The minimum atomic E-state index is -6.09. The van der Waals surface area contributed by atoms with E-state index in [1.807, 2.05) is 0 Å². The maximum Gasteiger partial charge on any atom is 0.485 e. The first-order valence-corrected chi connectivity index (χ1v) is 34.6. The van der Waals surface area contributed by atoms with E-state index in [4.69, 9.17) is 50.3 Å². The Balaban J connectivity index is 0.000000221. The largest absolute Gasteiger partial charge is 0.741 e. The number of benzene rings is 6. The van der Waals surface area contributed by atoms with Gasteiger partial charge >= 0.3 is 5.51 Å². The van der Waals surface area contributed by atoms with Crippen molar-refractivity contribution in [2.45, 2.75) is 133 Å². The predicted octanol–water partition coefficient (Wildman–Crippen LogP) is 11.9. The Bertz CT molecular complexity index is 4000. The third-order valence-electron chi connectivity index (χ3n) is 16.7. The van der Waals surface area contributed by atoms with E-state index in [1.54, 1.807) is 28.2 Å². The fourth-order valence-corrected chi connectivity index (χ4v) is 13.8. The molecule has 502 valence electrons. The smallest absolute Gasteiger partial charge is 0.485 e. The second-order valence-corrected chi connectivity index (χ2v) is 28.6. The molecule has 4 heterocycles. The van der Waals surface area contributed by atoms with Crippen molar-refractivity contribution >= 4 is 89.9 Å². The third kappa shape index (κ3) is 16.6. The summed E-state index contributed by atoms with van der Waals surface area (Å²) in [5.41, 5.74) is 9.82. The first kappa shape index (κ1) is 74.4. The van der Waals surface area contributed by atoms with E-state index in [9.17, 15) is 13.2 Å². The number of nitrogens with zero attached hydrogens (tertiary/aromatic N) is 6. The van der Waals surface area contributed by atoms with Crippen LogP contribution in [-0.2, 0) is 50.4 Å². The van der Waals surface area contributed by atoms with Crippen molar-refractivity contribution in [3.8, 4) is 0 Å². The normalized spacial score (nSPS) is 17.8. The van der Waals surface area contributed by atoms with Crippen LogP contribution in [0.15, 0.2) is 167 Å². The average Bonchev–Trinajstić information content (AvgIpc) is 1.61. The highest BCUT2D eigenvalue weighted by atomic mass is 35.7. The molecule has 10 rings (SSSR count). The molecular weight excluding hydrogens is 1280 g/mol. The fraction of sp³-hybridized carbons (Fsp3) is 0.391. The highest BCUT2D eigenvalue weighted by Crippen LogP contribution is 2.52. The zero-order valence-corrected chi connectivity index (χ0v) is 58.7. The van der Waals surface area contributed by atoms with Gasteiger partial charge in [0.25, 0.3) is 0 Å². The summed E-state index contributed by atoms with van der Waals surface area (Å²) in [5, 5.41) is 8.37. The van der Waals surface area contributed by atoms with Crippen molar-refractivity contribution in [3.63, 3.8) is 0 Å². The van der Waals surface area contributed by atoms with E-state index in [0.717, 1.165) is 48.8 Å². The van der Waals surface area contributed by atoms with Crippen LogP contribution in [0.4, 0.5) is 35.9 Å². The van der Waals surface area contributed by atoms with E-state index in [1.165, 1.54) is 124 Å². The Morgan fingerprint density at radius 3 is 1.37 bits per heavy atom. The number of allylic oxidation sites excluding steroid dienone is 8. The van der Waals surface area contributed by atoms with Crippen LogP contribution in [-0.4, -0.2) is 104 Å². The summed E-state index contributed by atoms with van der Waals surface area (Å²) >= 11 is 2.47. The van der Waals surface area contributed by atoms with Crippen LogP contribution in [0, 0.1) is 10.2 Å². The summed E-state index contributed by atoms with van der Waals surface area (Å²) in [6.45, 7) is 31.5. The standard InChI is InChI=1S/C35H44N3O2S.C33H40N3O2S.CHF3O3S.ClHO4/c1-9-22-37-29-21-19-26(41-40-39-36(7)8)24-28(29)34(3,4)31(37)16-13-17-32-35(5,6)33-27-15-12-11-14-25(27)18-20-30(33)38(32)23-10-2;1-9-35-27-21-19-24(39-38-37-34(7)8)22-26(27)32(3,4)29(35)16-13-17-30-33(5,6)31-25-15-12-11-14-23(25)18-20-28(31)36(30)10-2;2-1(3,4)8(5,6)7;2-1(3,4)5/h11-21,24H,9-10,22-23H2,1-8H3;11-22H,9-10H2,1-8H3;(H,5,6,7);(H,2,3,4,5)/q2*+1;;/p-2. The van der Waals surface area contributed by atoms with Crippen molar-refractivity contribution in [2.24, 2.45) is 0 Å². The second kappa shape index (κ2) is 30.0. The number of halogens is 4. The maximum absolute atomic E-state index is 10.7. The molecular formula is C69H84ClF3N6O11S3. The minimum absolute atomic E-state index is 0.0967. The first-order chi connectivity index (χ1) is 43.5. The van der Waals surface area contributed by atoms with Gasteiger partial charge in [-0.3, -0.25) is 0 Å². The Morgan fingerprint density at radius 2 is 0.978 bits per heavy atom. The molecule has 0 N–H and O–H groups in total. The molecule has 0 aromatic heterocycles. The lowest BCUT2D eigenvalue weighted by Crippen LogP contribution is -2.68. The highest BCUT2D eigenvalue weighted by Gasteiger charge is 2.47. The topological polar surface area (TPSA) is 205 Å². The van der Waals surface area contributed by atoms with Crippen LogP contribution in [0.1, 0.15) is 118 Å². The molecule has 4 aliphatic heterocycles. The molecule has 4 aliphatic rings. The molecule has 0 aliphatic carbocycles. The zero-order chi connectivity index (χ0) is 68.8. The van der Waals surface area contributed by atoms with E-state index >= 15 is 0 Å². The van der Waals surface area contributed by atoms with Crippen molar-refractivity contribution < 1.29 is 82.8 Å². The number of rotatable bonds is 18. The quantitative estimate of drug-likeness (QED) is 0.0196. The van der Waals surface area contributed by atoms with Gasteiger partial charge in [-0.15, -0.1) is 28.9 Å². The van der Waals surface area contributed by atoms with Gasteiger partial charge in [-0.25, -0.2) is 27.1 Å². The molecule has 6 aromatic rings. The molecule has 0 atom stereocenters. The van der Waals surface area contributed by atoms with Crippen LogP contribution < -0.4 is 28.4 Å². The first-order valence-electron chi connectivity index (χ1n) is 30.4. The molecule has 0 saturated carbocycles. The SMILES string of the molecule is CCCN1C(=CC=CC2=[N+](CCC)c3ccc4ccccc4c3C2(C)C)C(C)(C)c2cc(SOON(C)C)ccc21.CCN1C(=CC=CC2=[N+](CC)c3ccc4ccccc4c3C2(C)C)C(C)(C)c2cc(SOON(C)C)ccc21.O=S(=O)([O-])C(F)(F)F.[O-][Cl+3]([O-])([O-])[O-]. The van der Waals surface area contributed by atoms with Gasteiger partial charge in [0.1, 0.15) is 13.1 Å². The predicted molar refractivity (Wildman–Crippen MR) is 353 cm³/mol. The zero-order valence-electron chi connectivity index (χ0n) is 55.5. The van der Waals surface area contributed by atoms with Gasteiger partial charge in [0.05, 0.1) is 34.9 Å². The summed E-state index contributed by atoms with van der Waals surface area (Å²) in [6.07, 6.45) is 16.0. The summed E-state index contributed by atoms with van der Waals surface area (Å²) in [5.74, 6) is 0. The molecule has 0 amide bonds. The molecule has 93 heavy (non-hydrogen) atoms. The molecule has 0 bridgehead atoms. The molecule has 0 saturated heterocycles. The Kier molecular flexibility index (Phi) is 24.0. The summed E-state index contributed by atoms with van der Waals surface area (Å²) in [4.78, 5) is 17.2. The third-order valence-corrected chi connectivity index (χ3v) is 18.4. The summed E-state index contributed by atoms with van der Waals surface area (Å²) in [6, 6.07) is 39.8. The Hall–Kier alpha value is -5.97. The van der Waals surface area contributed by atoms with E-state index < -0.39 is 25.9 Å². The molecule has 0 radical (unpaired) electrons. The van der Waals surface area contributed by atoms with E-state index in [-0.39, 0.29) is 21.7 Å². The Morgan fingerprint density at radius 1 is 0.581 bits per heavy atom. The lowest BCUT2D eigenvalue weighted by Gasteiger charge is -2.26. The number of hydrogen-bond donors (Lipinski definition) is 0. The molecule has 17 nitrogen and oxygen atoms in total. The fourth-order valence-electron chi connectivity index (χ4n) is 12.8. The molecule has 6 aromatic carbocycles. The van der Waals surface area contributed by atoms with Gasteiger partial charge in [0, 0.05) is 127 Å². The molecule has 0 spiro atoms.